The highest BCUT2D eigenvalue weighted by molar-refractivity contribution is 5.97. The van der Waals surface area contributed by atoms with E-state index in [0.717, 1.165) is 6.42 Å². The molecule has 0 radical (unpaired) electrons. The third-order valence-electron chi connectivity index (χ3n) is 4.90. The lowest BCUT2D eigenvalue weighted by Gasteiger charge is -2.47. The summed E-state index contributed by atoms with van der Waals surface area (Å²) in [6.07, 6.45) is 3.26. The second kappa shape index (κ2) is 3.44. The van der Waals surface area contributed by atoms with Crippen molar-refractivity contribution in [1.82, 2.24) is 0 Å². The highest BCUT2D eigenvalue weighted by atomic mass is 16.6. The molecule has 17 heavy (non-hydrogen) atoms. The van der Waals surface area contributed by atoms with E-state index in [-0.39, 0.29) is 35.6 Å². The van der Waals surface area contributed by atoms with Crippen molar-refractivity contribution in [1.29, 1.82) is 0 Å². The lowest BCUT2D eigenvalue weighted by Crippen LogP contribution is -2.46. The number of fused-ring (bicyclic) bond motifs is 1. The smallest absolute Gasteiger partial charge is 0.318 e. The van der Waals surface area contributed by atoms with E-state index < -0.39 is 0 Å². The summed E-state index contributed by atoms with van der Waals surface area (Å²) in [6.45, 7) is 6.48. The Bertz CT molecular complexity index is 421. The number of cyclic esters (lactones) is 2. The van der Waals surface area contributed by atoms with Crippen molar-refractivity contribution in [2.75, 3.05) is 0 Å². The van der Waals surface area contributed by atoms with E-state index in [2.05, 4.69) is 26.8 Å². The van der Waals surface area contributed by atoms with Crippen molar-refractivity contribution in [2.45, 2.75) is 27.2 Å². The average molecular weight is 234 g/mol. The molecule has 4 rings (SSSR count). The van der Waals surface area contributed by atoms with Crippen LogP contribution in [0.5, 0.6) is 0 Å². The molecule has 0 amide bonds. The van der Waals surface area contributed by atoms with E-state index in [4.69, 9.17) is 4.74 Å². The molecular weight excluding hydrogens is 216 g/mol. The summed E-state index contributed by atoms with van der Waals surface area (Å²) in [5.74, 6) is 0.554. The molecule has 92 valence electrons. The zero-order chi connectivity index (χ0) is 12.3. The number of carbonyl (C=O) groups is 2. The van der Waals surface area contributed by atoms with Crippen LogP contribution < -0.4 is 0 Å². The van der Waals surface area contributed by atoms with Gasteiger partial charge in [0.05, 0.1) is 11.8 Å². The molecule has 1 heterocycles. The molecule has 0 aromatic heterocycles. The van der Waals surface area contributed by atoms with Gasteiger partial charge in [-0.1, -0.05) is 25.5 Å². The lowest BCUT2D eigenvalue weighted by atomic mass is 9.54. The Labute approximate surface area is 101 Å². The van der Waals surface area contributed by atoms with Crippen LogP contribution in [-0.4, -0.2) is 11.9 Å². The van der Waals surface area contributed by atoms with Gasteiger partial charge in [-0.25, -0.2) is 0 Å². The molecule has 0 aromatic carbocycles. The Morgan fingerprint density at radius 1 is 1.24 bits per heavy atom. The van der Waals surface area contributed by atoms with Gasteiger partial charge in [0.1, 0.15) is 0 Å². The van der Waals surface area contributed by atoms with Gasteiger partial charge in [-0.05, 0) is 37.0 Å². The highest BCUT2D eigenvalue weighted by Crippen LogP contribution is 2.55. The van der Waals surface area contributed by atoms with E-state index in [1.165, 1.54) is 5.57 Å². The monoisotopic (exact) mass is 234 g/mol. The molecule has 1 saturated carbocycles. The van der Waals surface area contributed by atoms with Crippen molar-refractivity contribution in [3.05, 3.63) is 11.6 Å². The molecule has 2 fully saturated rings. The number of hydrogen-bond acceptors (Lipinski definition) is 3. The number of allylic oxidation sites excluding steroid dienone is 2. The van der Waals surface area contributed by atoms with Crippen LogP contribution in [0.15, 0.2) is 11.6 Å². The first-order valence-corrected chi connectivity index (χ1v) is 6.44. The number of rotatable bonds is 1. The molecule has 5 atom stereocenters. The second-order valence-corrected chi connectivity index (χ2v) is 6.03. The van der Waals surface area contributed by atoms with Crippen LogP contribution in [0.3, 0.4) is 0 Å². The van der Waals surface area contributed by atoms with Gasteiger partial charge in [0.15, 0.2) is 0 Å². The summed E-state index contributed by atoms with van der Waals surface area (Å²) in [5.41, 5.74) is 1.28. The molecule has 1 aliphatic heterocycles. The maximum atomic E-state index is 11.8. The van der Waals surface area contributed by atoms with Crippen molar-refractivity contribution in [3.63, 3.8) is 0 Å². The van der Waals surface area contributed by atoms with Crippen LogP contribution in [0.25, 0.3) is 0 Å². The predicted octanol–water partition coefficient (Wildman–Crippen LogP) is 2.17. The Kier molecular flexibility index (Phi) is 2.22. The Morgan fingerprint density at radius 2 is 1.88 bits per heavy atom. The number of carbonyl (C=O) groups excluding carboxylic acids is 2. The third-order valence-corrected chi connectivity index (χ3v) is 4.90. The normalized spacial score (nSPS) is 43.8. The van der Waals surface area contributed by atoms with Gasteiger partial charge in [0.2, 0.25) is 0 Å². The molecule has 3 nitrogen and oxygen atoms in total. The van der Waals surface area contributed by atoms with Crippen molar-refractivity contribution >= 4 is 11.9 Å². The summed E-state index contributed by atoms with van der Waals surface area (Å²) >= 11 is 0. The van der Waals surface area contributed by atoms with E-state index in [1.807, 2.05) is 0 Å². The van der Waals surface area contributed by atoms with Crippen LogP contribution in [0, 0.1) is 35.5 Å². The predicted molar refractivity (Wildman–Crippen MR) is 61.8 cm³/mol. The van der Waals surface area contributed by atoms with Gasteiger partial charge in [-0.3, -0.25) is 9.59 Å². The highest BCUT2D eigenvalue weighted by Gasteiger charge is 2.59. The quantitative estimate of drug-likeness (QED) is 0.397. The number of hydrogen-bond donors (Lipinski definition) is 0. The minimum atomic E-state index is -0.288. The summed E-state index contributed by atoms with van der Waals surface area (Å²) in [5, 5.41) is 0. The average Bonchev–Trinajstić information content (AvgIpc) is 2.56. The van der Waals surface area contributed by atoms with Gasteiger partial charge in [0.25, 0.3) is 0 Å². The Morgan fingerprint density at radius 3 is 2.53 bits per heavy atom. The molecule has 0 N–H and O–H groups in total. The van der Waals surface area contributed by atoms with E-state index in [0.29, 0.717) is 11.8 Å². The van der Waals surface area contributed by atoms with E-state index in [1.54, 1.807) is 0 Å². The van der Waals surface area contributed by atoms with Gasteiger partial charge in [-0.2, -0.15) is 0 Å². The minimum absolute atomic E-state index is 0.188. The molecule has 4 aliphatic rings. The van der Waals surface area contributed by atoms with Crippen LogP contribution in [0.4, 0.5) is 0 Å². The maximum absolute atomic E-state index is 11.8. The first kappa shape index (κ1) is 11.0. The largest absolute Gasteiger partial charge is 0.393 e. The summed E-state index contributed by atoms with van der Waals surface area (Å²) < 4.78 is 4.85. The van der Waals surface area contributed by atoms with Gasteiger partial charge < -0.3 is 4.74 Å². The van der Waals surface area contributed by atoms with Gasteiger partial charge >= 0.3 is 11.9 Å². The Balaban J connectivity index is 2.04. The molecule has 0 unspecified atom stereocenters. The van der Waals surface area contributed by atoms with Gasteiger partial charge in [0, 0.05) is 0 Å². The van der Waals surface area contributed by atoms with Crippen LogP contribution in [0.2, 0.25) is 0 Å². The molecule has 1 saturated heterocycles. The summed E-state index contributed by atoms with van der Waals surface area (Å²) in [4.78, 5) is 23.6. The molecular formula is C14H18O3. The summed E-state index contributed by atoms with van der Waals surface area (Å²) in [6, 6.07) is 0. The van der Waals surface area contributed by atoms with Crippen LogP contribution in [-0.2, 0) is 14.3 Å². The van der Waals surface area contributed by atoms with Gasteiger partial charge in [-0.15, -0.1) is 0 Å². The van der Waals surface area contributed by atoms with Crippen LogP contribution in [0.1, 0.15) is 27.2 Å². The fraction of sp³-hybridized carbons (Fsp3) is 0.714. The summed E-state index contributed by atoms with van der Waals surface area (Å²) in [7, 11) is 0. The lowest BCUT2D eigenvalue weighted by molar-refractivity contribution is -0.154. The first-order chi connectivity index (χ1) is 8.00. The maximum Gasteiger partial charge on any atom is 0.318 e. The van der Waals surface area contributed by atoms with Crippen molar-refractivity contribution in [3.8, 4) is 0 Å². The van der Waals surface area contributed by atoms with Crippen molar-refractivity contribution < 1.29 is 14.3 Å². The fourth-order valence-corrected chi connectivity index (χ4v) is 4.04. The Hall–Kier alpha value is -1.12. The minimum Gasteiger partial charge on any atom is -0.393 e. The topological polar surface area (TPSA) is 43.4 Å². The van der Waals surface area contributed by atoms with E-state index >= 15 is 0 Å². The number of esters is 2. The zero-order valence-corrected chi connectivity index (χ0v) is 10.5. The second-order valence-electron chi connectivity index (χ2n) is 6.03. The van der Waals surface area contributed by atoms with E-state index in [9.17, 15) is 9.59 Å². The SMILES string of the molecule is CC1=C[C@H]2[C@H]3C(=O)OC(=O)[C@@H]3[C@H]1C[C@@H]2C(C)C. The molecule has 3 heteroatoms. The third kappa shape index (κ3) is 1.34. The molecule has 0 aromatic rings. The molecule has 0 spiro atoms. The first-order valence-electron chi connectivity index (χ1n) is 6.44. The molecule has 2 bridgehead atoms. The number of ether oxygens (including phenoxy) is 1. The fourth-order valence-electron chi connectivity index (χ4n) is 4.04. The zero-order valence-electron chi connectivity index (χ0n) is 10.5. The van der Waals surface area contributed by atoms with Crippen molar-refractivity contribution in [2.24, 2.45) is 35.5 Å². The van der Waals surface area contributed by atoms with Crippen LogP contribution >= 0.6 is 0 Å². The standard InChI is InChI=1S/C14H18O3/c1-6(2)8-5-9-7(3)4-10(8)12-11(9)13(15)17-14(12)16/h4,6,8-12H,5H2,1-3H3/t8-,9+,10-,11-,12-/m1/s1. The molecule has 3 aliphatic carbocycles.